The van der Waals surface area contributed by atoms with Crippen LogP contribution in [0.5, 0.6) is 0 Å². The van der Waals surface area contributed by atoms with Gasteiger partial charge in [0.15, 0.2) is 0 Å². The highest BCUT2D eigenvalue weighted by Gasteiger charge is 2.51. The van der Waals surface area contributed by atoms with Crippen LogP contribution in [0, 0.1) is 24.0 Å². The van der Waals surface area contributed by atoms with Crippen LogP contribution in [-0.2, 0) is 15.3 Å². The molecule has 3 rings (SSSR count). The second-order valence-corrected chi connectivity index (χ2v) is 8.54. The number of hydrogen-bond donors (Lipinski definition) is 1. The molecular weight excluding hydrogens is 459 g/mol. The number of nitrogens with zero attached hydrogens (tertiary/aromatic N) is 2. The van der Waals surface area contributed by atoms with Gasteiger partial charge in [-0.3, -0.25) is 4.79 Å². The van der Waals surface area contributed by atoms with Crippen molar-refractivity contribution in [3.8, 4) is 0 Å². The predicted molar refractivity (Wildman–Crippen MR) is 126 cm³/mol. The molecule has 0 saturated carbocycles. The van der Waals surface area contributed by atoms with E-state index in [4.69, 9.17) is 10.5 Å². The molecule has 0 aromatic heterocycles. The topological polar surface area (TPSA) is 67.9 Å². The summed E-state index contributed by atoms with van der Waals surface area (Å²) in [5.41, 5.74) is 5.27. The van der Waals surface area contributed by atoms with E-state index in [1.165, 1.54) is 5.01 Å². The third-order valence-electron chi connectivity index (χ3n) is 5.01. The van der Waals surface area contributed by atoms with E-state index >= 15 is 0 Å². The van der Waals surface area contributed by atoms with Crippen molar-refractivity contribution in [1.29, 1.82) is 0 Å². The van der Waals surface area contributed by atoms with Crippen LogP contribution >= 0.6 is 24.8 Å². The number of hydrazone groups is 1. The number of benzene rings is 2. The standard InChI is InChI=1S/C23H27F2N3O2.2ClH/c1-15-6-8-16(9-7-15)23(12-5-13-26)28(21(29)22(2,3)4)27-20(30-23)18-14-17(24)10-11-19(18)25;;/h6-11,14H,5,12-13,26H2,1-4H3;2*1H. The fraction of sp³-hybridized carbons (Fsp3) is 0.391. The zero-order valence-corrected chi connectivity index (χ0v) is 20.2. The van der Waals surface area contributed by atoms with Crippen molar-refractivity contribution in [2.75, 3.05) is 6.54 Å². The number of hydrogen-bond acceptors (Lipinski definition) is 4. The fourth-order valence-electron chi connectivity index (χ4n) is 3.33. The molecular formula is C23H29Cl2F2N3O2. The van der Waals surface area contributed by atoms with E-state index < -0.39 is 22.8 Å². The van der Waals surface area contributed by atoms with E-state index in [1.807, 2.05) is 31.2 Å². The molecule has 0 radical (unpaired) electrons. The third kappa shape index (κ3) is 5.39. The molecule has 1 unspecified atom stereocenters. The van der Waals surface area contributed by atoms with E-state index in [0.717, 1.165) is 23.8 Å². The molecule has 0 fully saturated rings. The summed E-state index contributed by atoms with van der Waals surface area (Å²) in [4.78, 5) is 13.4. The molecule has 1 amide bonds. The maximum Gasteiger partial charge on any atom is 0.251 e. The van der Waals surface area contributed by atoms with Crippen molar-refractivity contribution in [2.45, 2.75) is 46.3 Å². The number of rotatable bonds is 5. The van der Waals surface area contributed by atoms with Crippen LogP contribution in [0.2, 0.25) is 0 Å². The number of amides is 1. The first-order chi connectivity index (χ1) is 14.1. The van der Waals surface area contributed by atoms with Crippen molar-refractivity contribution in [3.63, 3.8) is 0 Å². The van der Waals surface area contributed by atoms with Crippen LogP contribution in [-0.4, -0.2) is 23.4 Å². The Morgan fingerprint density at radius 3 is 2.31 bits per heavy atom. The van der Waals surface area contributed by atoms with E-state index in [0.29, 0.717) is 24.9 Å². The van der Waals surface area contributed by atoms with Gasteiger partial charge in [-0.05, 0) is 38.1 Å². The number of carbonyl (C=O) groups excluding carboxylic acids is 1. The summed E-state index contributed by atoms with van der Waals surface area (Å²) in [5, 5.41) is 5.63. The summed E-state index contributed by atoms with van der Waals surface area (Å²) in [6.07, 6.45) is 0.883. The Morgan fingerprint density at radius 2 is 1.75 bits per heavy atom. The normalized spacial score (nSPS) is 17.7. The van der Waals surface area contributed by atoms with Gasteiger partial charge < -0.3 is 10.5 Å². The second-order valence-electron chi connectivity index (χ2n) is 8.54. The van der Waals surface area contributed by atoms with Gasteiger partial charge in [0.25, 0.3) is 5.91 Å². The quantitative estimate of drug-likeness (QED) is 0.623. The smallest absolute Gasteiger partial charge is 0.251 e. The highest BCUT2D eigenvalue weighted by atomic mass is 35.5. The predicted octanol–water partition coefficient (Wildman–Crippen LogP) is 5.28. The van der Waals surface area contributed by atoms with Gasteiger partial charge in [-0.25, -0.2) is 8.78 Å². The number of ether oxygens (including phenoxy) is 1. The van der Waals surface area contributed by atoms with Crippen LogP contribution < -0.4 is 5.73 Å². The molecule has 176 valence electrons. The second kappa shape index (κ2) is 10.6. The van der Waals surface area contributed by atoms with Gasteiger partial charge in [-0.2, -0.15) is 5.01 Å². The average molecular weight is 488 g/mol. The summed E-state index contributed by atoms with van der Waals surface area (Å²) in [5.74, 6) is -1.74. The number of nitrogens with two attached hydrogens (primary N) is 1. The molecule has 2 aromatic rings. The lowest BCUT2D eigenvalue weighted by atomic mass is 9.90. The average Bonchev–Trinajstić information content (AvgIpc) is 3.07. The lowest BCUT2D eigenvalue weighted by molar-refractivity contribution is -0.161. The lowest BCUT2D eigenvalue weighted by Crippen LogP contribution is -2.49. The zero-order valence-electron chi connectivity index (χ0n) is 18.5. The molecule has 0 aliphatic carbocycles. The Kier molecular flexibility index (Phi) is 9.21. The first-order valence-electron chi connectivity index (χ1n) is 9.93. The Balaban J connectivity index is 0.00000256. The number of aryl methyl sites for hydroxylation is 1. The zero-order chi connectivity index (χ0) is 22.1. The van der Waals surface area contributed by atoms with Gasteiger partial charge in [-0.1, -0.05) is 50.6 Å². The van der Waals surface area contributed by atoms with Crippen molar-refractivity contribution >= 4 is 36.6 Å². The number of carbonyl (C=O) groups is 1. The highest BCUT2D eigenvalue weighted by Crippen LogP contribution is 2.43. The van der Waals surface area contributed by atoms with Crippen molar-refractivity contribution in [1.82, 2.24) is 5.01 Å². The van der Waals surface area contributed by atoms with Gasteiger partial charge in [-0.15, -0.1) is 29.9 Å². The summed E-state index contributed by atoms with van der Waals surface area (Å²) in [6, 6.07) is 10.6. The molecule has 0 bridgehead atoms. The molecule has 32 heavy (non-hydrogen) atoms. The van der Waals surface area contributed by atoms with Crippen LogP contribution in [0.15, 0.2) is 47.6 Å². The van der Waals surface area contributed by atoms with Crippen molar-refractivity contribution < 1.29 is 18.3 Å². The van der Waals surface area contributed by atoms with Crippen LogP contribution in [0.1, 0.15) is 50.3 Å². The van der Waals surface area contributed by atoms with Gasteiger partial charge in [0.05, 0.1) is 5.56 Å². The van der Waals surface area contributed by atoms with Crippen molar-refractivity contribution in [2.24, 2.45) is 16.3 Å². The summed E-state index contributed by atoms with van der Waals surface area (Å²) >= 11 is 0. The minimum Gasteiger partial charge on any atom is -0.443 e. The minimum atomic E-state index is -1.30. The van der Waals surface area contributed by atoms with Crippen LogP contribution in [0.4, 0.5) is 8.78 Å². The van der Waals surface area contributed by atoms with Gasteiger partial charge in [0.2, 0.25) is 11.6 Å². The largest absolute Gasteiger partial charge is 0.443 e. The molecule has 1 atom stereocenters. The molecule has 5 nitrogen and oxygen atoms in total. The maximum absolute atomic E-state index is 14.5. The lowest BCUT2D eigenvalue weighted by Gasteiger charge is -2.38. The minimum absolute atomic E-state index is 0. The van der Waals surface area contributed by atoms with Gasteiger partial charge in [0, 0.05) is 17.4 Å². The molecule has 9 heteroatoms. The van der Waals surface area contributed by atoms with E-state index in [9.17, 15) is 13.6 Å². The Labute approximate surface area is 199 Å². The molecule has 1 aliphatic rings. The Hall–Kier alpha value is -2.22. The van der Waals surface area contributed by atoms with Crippen LogP contribution in [0.25, 0.3) is 0 Å². The Bertz CT molecular complexity index is 978. The highest BCUT2D eigenvalue weighted by molar-refractivity contribution is 5.97. The van der Waals surface area contributed by atoms with Crippen LogP contribution in [0.3, 0.4) is 0 Å². The first kappa shape index (κ1) is 27.8. The molecule has 0 saturated heterocycles. The number of halogens is 4. The molecule has 0 spiro atoms. The molecule has 2 N–H and O–H groups in total. The summed E-state index contributed by atoms with van der Waals surface area (Å²) in [6.45, 7) is 7.64. The monoisotopic (exact) mass is 487 g/mol. The first-order valence-corrected chi connectivity index (χ1v) is 9.93. The van der Waals surface area contributed by atoms with E-state index in [2.05, 4.69) is 5.10 Å². The van der Waals surface area contributed by atoms with Crippen molar-refractivity contribution in [3.05, 3.63) is 70.8 Å². The maximum atomic E-state index is 14.5. The summed E-state index contributed by atoms with van der Waals surface area (Å²) < 4.78 is 34.5. The van der Waals surface area contributed by atoms with E-state index in [-0.39, 0.29) is 42.2 Å². The summed E-state index contributed by atoms with van der Waals surface area (Å²) in [7, 11) is 0. The van der Waals surface area contributed by atoms with Gasteiger partial charge in [0.1, 0.15) is 11.6 Å². The molecule has 1 aliphatic heterocycles. The Morgan fingerprint density at radius 1 is 1.12 bits per heavy atom. The fourth-order valence-corrected chi connectivity index (χ4v) is 3.33. The van der Waals surface area contributed by atoms with E-state index in [1.54, 1.807) is 20.8 Å². The van der Waals surface area contributed by atoms with Gasteiger partial charge >= 0.3 is 0 Å². The molecule has 1 heterocycles. The third-order valence-corrected chi connectivity index (χ3v) is 5.01. The molecule has 2 aromatic carbocycles. The SMILES string of the molecule is Cc1ccc(C2(CCCN)OC(c3cc(F)ccc3F)=NN2C(=O)C(C)(C)C)cc1.Cl.Cl.